The van der Waals surface area contributed by atoms with Gasteiger partial charge in [0.1, 0.15) is 5.75 Å². The van der Waals surface area contributed by atoms with E-state index in [0.29, 0.717) is 5.56 Å². The minimum Gasteiger partial charge on any atom is -0.508 e. The lowest BCUT2D eigenvalue weighted by atomic mass is 10.1. The van der Waals surface area contributed by atoms with E-state index in [2.05, 4.69) is 15.9 Å². The molecule has 4 heteroatoms. The first-order valence-corrected chi connectivity index (χ1v) is 6.27. The van der Waals surface area contributed by atoms with Gasteiger partial charge in [0.05, 0.1) is 6.42 Å². The van der Waals surface area contributed by atoms with Crippen LogP contribution in [0.5, 0.6) is 5.75 Å². The van der Waals surface area contributed by atoms with Crippen molar-refractivity contribution in [3.63, 3.8) is 0 Å². The van der Waals surface area contributed by atoms with Crippen LogP contribution in [0.2, 0.25) is 0 Å². The fourth-order valence-electron chi connectivity index (χ4n) is 1.30. The molecule has 1 amide bonds. The Bertz CT molecular complexity index is 368. The monoisotopic (exact) mass is 285 g/mol. The minimum absolute atomic E-state index is 0.00782. The zero-order chi connectivity index (χ0) is 12.1. The number of halogens is 1. The maximum Gasteiger partial charge on any atom is 0.227 e. The van der Waals surface area contributed by atoms with Gasteiger partial charge in [-0.15, -0.1) is 0 Å². The van der Waals surface area contributed by atoms with Gasteiger partial charge in [0.25, 0.3) is 0 Å². The fourth-order valence-corrected chi connectivity index (χ4v) is 1.73. The zero-order valence-corrected chi connectivity index (χ0v) is 11.1. The van der Waals surface area contributed by atoms with Crippen molar-refractivity contribution in [1.82, 2.24) is 4.90 Å². The Balaban J connectivity index is 2.68. The number of hydrogen-bond acceptors (Lipinski definition) is 2. The number of phenolic OH excluding ortho intramolecular Hbond substituents is 1. The second kappa shape index (κ2) is 5.89. The van der Waals surface area contributed by atoms with Gasteiger partial charge in [0.15, 0.2) is 0 Å². The van der Waals surface area contributed by atoms with E-state index in [-0.39, 0.29) is 24.1 Å². The number of hydrogen-bond donors (Lipinski definition) is 1. The first kappa shape index (κ1) is 13.0. The van der Waals surface area contributed by atoms with Gasteiger partial charge in [0.2, 0.25) is 5.91 Å². The smallest absolute Gasteiger partial charge is 0.227 e. The van der Waals surface area contributed by atoms with Crippen molar-refractivity contribution < 1.29 is 9.90 Å². The fraction of sp³-hybridized carbons (Fsp3) is 0.417. The third-order valence-corrected chi connectivity index (χ3v) is 3.55. The van der Waals surface area contributed by atoms with Crippen LogP contribution >= 0.6 is 15.9 Å². The molecule has 0 aliphatic carbocycles. The molecule has 1 atom stereocenters. The molecule has 0 bridgehead atoms. The van der Waals surface area contributed by atoms with Gasteiger partial charge >= 0.3 is 0 Å². The summed E-state index contributed by atoms with van der Waals surface area (Å²) in [6.07, 6.45) is 0.237. The predicted molar refractivity (Wildman–Crippen MR) is 67.8 cm³/mol. The van der Waals surface area contributed by atoms with Gasteiger partial charge in [-0.05, 0) is 13.0 Å². The lowest BCUT2D eigenvalue weighted by molar-refractivity contribution is -0.130. The molecule has 0 aliphatic rings. The Morgan fingerprint density at radius 3 is 2.69 bits per heavy atom. The molecule has 0 radical (unpaired) electrons. The molecule has 0 heterocycles. The van der Waals surface area contributed by atoms with E-state index in [0.717, 1.165) is 5.33 Å². The number of phenols is 1. The molecule has 0 saturated heterocycles. The molecule has 0 spiro atoms. The summed E-state index contributed by atoms with van der Waals surface area (Å²) < 4.78 is 0. The average molecular weight is 286 g/mol. The molecule has 0 aromatic heterocycles. The van der Waals surface area contributed by atoms with Crippen LogP contribution in [-0.4, -0.2) is 34.3 Å². The van der Waals surface area contributed by atoms with Gasteiger partial charge in [0, 0.05) is 24.0 Å². The molecule has 3 nitrogen and oxygen atoms in total. The van der Waals surface area contributed by atoms with E-state index in [1.54, 1.807) is 30.1 Å². The molecule has 88 valence electrons. The summed E-state index contributed by atoms with van der Waals surface area (Å²) >= 11 is 3.34. The molecule has 0 saturated carbocycles. The van der Waals surface area contributed by atoms with Crippen LogP contribution < -0.4 is 0 Å². The minimum atomic E-state index is 0.00782. The van der Waals surface area contributed by atoms with Gasteiger partial charge in [-0.1, -0.05) is 34.1 Å². The second-order valence-corrected chi connectivity index (χ2v) is 4.46. The SMILES string of the molecule is CC(CBr)N(C)C(=O)Cc1ccccc1O. The number of nitrogens with zero attached hydrogens (tertiary/aromatic N) is 1. The maximum absolute atomic E-state index is 11.9. The molecule has 1 rings (SSSR count). The highest BCUT2D eigenvalue weighted by Crippen LogP contribution is 2.17. The second-order valence-electron chi connectivity index (χ2n) is 3.81. The molecule has 0 aliphatic heterocycles. The largest absolute Gasteiger partial charge is 0.508 e. The van der Waals surface area contributed by atoms with Crippen molar-refractivity contribution in [3.05, 3.63) is 29.8 Å². The van der Waals surface area contributed by atoms with E-state index < -0.39 is 0 Å². The first-order valence-electron chi connectivity index (χ1n) is 5.14. The van der Waals surface area contributed by atoms with Gasteiger partial charge in [-0.2, -0.15) is 0 Å². The van der Waals surface area contributed by atoms with E-state index in [4.69, 9.17) is 0 Å². The summed E-state index contributed by atoms with van der Waals surface area (Å²) in [5, 5.41) is 10.3. The maximum atomic E-state index is 11.9. The van der Waals surface area contributed by atoms with Crippen molar-refractivity contribution in [2.75, 3.05) is 12.4 Å². The van der Waals surface area contributed by atoms with Crippen LogP contribution in [0, 0.1) is 0 Å². The highest BCUT2D eigenvalue weighted by atomic mass is 79.9. The summed E-state index contributed by atoms with van der Waals surface area (Å²) in [6.45, 7) is 1.97. The number of aromatic hydroxyl groups is 1. The summed E-state index contributed by atoms with van der Waals surface area (Å²) in [5.41, 5.74) is 0.668. The Morgan fingerprint density at radius 2 is 2.12 bits per heavy atom. The van der Waals surface area contributed by atoms with E-state index in [9.17, 15) is 9.90 Å². The van der Waals surface area contributed by atoms with Crippen LogP contribution in [0.1, 0.15) is 12.5 Å². The Labute approximate surface area is 104 Å². The summed E-state index contributed by atoms with van der Waals surface area (Å²) in [5.74, 6) is 0.184. The van der Waals surface area contributed by atoms with Gasteiger partial charge < -0.3 is 10.0 Å². The highest BCUT2D eigenvalue weighted by Gasteiger charge is 2.16. The number of rotatable bonds is 4. The first-order chi connectivity index (χ1) is 7.56. The number of carbonyl (C=O) groups excluding carboxylic acids is 1. The third kappa shape index (κ3) is 3.23. The summed E-state index contributed by atoms with van der Waals surface area (Å²) in [4.78, 5) is 13.5. The Hall–Kier alpha value is -1.03. The lowest BCUT2D eigenvalue weighted by Crippen LogP contribution is -2.37. The molecule has 0 fully saturated rings. The number of alkyl halides is 1. The molecule has 16 heavy (non-hydrogen) atoms. The number of carbonyl (C=O) groups is 1. The highest BCUT2D eigenvalue weighted by molar-refractivity contribution is 9.09. The van der Waals surface area contributed by atoms with Crippen molar-refractivity contribution in [2.24, 2.45) is 0 Å². The van der Waals surface area contributed by atoms with Crippen molar-refractivity contribution in [3.8, 4) is 5.75 Å². The molecule has 1 unspecified atom stereocenters. The van der Waals surface area contributed by atoms with E-state index >= 15 is 0 Å². The van der Waals surface area contributed by atoms with Crippen LogP contribution in [-0.2, 0) is 11.2 Å². The normalized spacial score (nSPS) is 12.2. The van der Waals surface area contributed by atoms with Crippen LogP contribution in [0.15, 0.2) is 24.3 Å². The van der Waals surface area contributed by atoms with E-state index in [1.165, 1.54) is 0 Å². The third-order valence-electron chi connectivity index (χ3n) is 2.61. The molecular formula is C12H16BrNO2. The molecular weight excluding hydrogens is 270 g/mol. The van der Waals surface area contributed by atoms with Gasteiger partial charge in [-0.3, -0.25) is 4.79 Å². The van der Waals surface area contributed by atoms with Crippen LogP contribution in [0.3, 0.4) is 0 Å². The Morgan fingerprint density at radius 1 is 1.50 bits per heavy atom. The number of likely N-dealkylation sites (N-methyl/N-ethyl adjacent to an activating group) is 1. The van der Waals surface area contributed by atoms with E-state index in [1.807, 2.05) is 13.0 Å². The quantitative estimate of drug-likeness (QED) is 0.862. The summed E-state index contributed by atoms with van der Waals surface area (Å²) in [7, 11) is 1.77. The average Bonchev–Trinajstić information content (AvgIpc) is 2.30. The number of benzene rings is 1. The van der Waals surface area contributed by atoms with Crippen molar-refractivity contribution in [1.29, 1.82) is 0 Å². The van der Waals surface area contributed by atoms with Crippen molar-refractivity contribution in [2.45, 2.75) is 19.4 Å². The number of amides is 1. The Kier molecular flexibility index (Phi) is 4.80. The topological polar surface area (TPSA) is 40.5 Å². The van der Waals surface area contributed by atoms with Crippen molar-refractivity contribution >= 4 is 21.8 Å². The van der Waals surface area contributed by atoms with Crippen LogP contribution in [0.25, 0.3) is 0 Å². The van der Waals surface area contributed by atoms with Gasteiger partial charge in [-0.25, -0.2) is 0 Å². The predicted octanol–water partition coefficient (Wildman–Crippen LogP) is 2.18. The van der Waals surface area contributed by atoms with Crippen LogP contribution in [0.4, 0.5) is 0 Å². The standard InChI is InChI=1S/C12H16BrNO2/c1-9(8-13)14(2)12(16)7-10-5-3-4-6-11(10)15/h3-6,9,15H,7-8H2,1-2H3. The molecule has 1 N–H and O–H groups in total. The lowest BCUT2D eigenvalue weighted by Gasteiger charge is -2.23. The number of para-hydroxylation sites is 1. The summed E-state index contributed by atoms with van der Waals surface area (Å²) in [6, 6.07) is 7.07. The zero-order valence-electron chi connectivity index (χ0n) is 9.48. The molecule has 1 aromatic carbocycles. The molecule has 1 aromatic rings.